The summed E-state index contributed by atoms with van der Waals surface area (Å²) in [5.41, 5.74) is 1.47. The van der Waals surface area contributed by atoms with Gasteiger partial charge in [-0.2, -0.15) is 0 Å². The van der Waals surface area contributed by atoms with E-state index < -0.39 is 5.41 Å². The normalized spacial score (nSPS) is 19.3. The zero-order chi connectivity index (χ0) is 21.8. The van der Waals surface area contributed by atoms with E-state index in [1.807, 2.05) is 19.9 Å². The zero-order valence-electron chi connectivity index (χ0n) is 18.4. The van der Waals surface area contributed by atoms with Gasteiger partial charge in [0, 0.05) is 44.1 Å². The molecule has 0 aliphatic carbocycles. The highest BCUT2D eigenvalue weighted by Crippen LogP contribution is 2.35. The van der Waals surface area contributed by atoms with Gasteiger partial charge >= 0.3 is 0 Å². The number of halogens is 1. The number of hydrogen-bond donors (Lipinski definition) is 1. The summed E-state index contributed by atoms with van der Waals surface area (Å²) < 4.78 is 18.9. The molecule has 4 rings (SSSR count). The Morgan fingerprint density at radius 3 is 2.48 bits per heavy atom. The van der Waals surface area contributed by atoms with Crippen molar-refractivity contribution in [1.29, 1.82) is 0 Å². The van der Waals surface area contributed by atoms with Crippen molar-refractivity contribution in [3.63, 3.8) is 0 Å². The fourth-order valence-corrected chi connectivity index (χ4v) is 4.69. The largest absolute Gasteiger partial charge is 0.381 e. The minimum absolute atomic E-state index is 0.104. The summed E-state index contributed by atoms with van der Waals surface area (Å²) in [6.45, 7) is 6.78. The first-order valence-corrected chi connectivity index (χ1v) is 11.1. The van der Waals surface area contributed by atoms with Crippen LogP contribution in [0.3, 0.4) is 0 Å². The van der Waals surface area contributed by atoms with Crippen LogP contribution in [0, 0.1) is 25.1 Å². The van der Waals surface area contributed by atoms with E-state index in [-0.39, 0.29) is 17.8 Å². The molecular formula is C24H31FN4O2. The van der Waals surface area contributed by atoms with Gasteiger partial charge in [-0.1, -0.05) is 12.1 Å². The molecule has 7 heteroatoms. The van der Waals surface area contributed by atoms with Gasteiger partial charge in [0.25, 0.3) is 0 Å². The second-order valence-corrected chi connectivity index (χ2v) is 8.85. The molecule has 0 unspecified atom stereocenters. The van der Waals surface area contributed by atoms with Crippen molar-refractivity contribution < 1.29 is 13.9 Å². The fraction of sp³-hybridized carbons (Fsp3) is 0.542. The molecule has 3 heterocycles. The molecule has 0 atom stereocenters. The summed E-state index contributed by atoms with van der Waals surface area (Å²) in [5, 5.41) is 3.33. The van der Waals surface area contributed by atoms with Crippen molar-refractivity contribution in [3.05, 3.63) is 53.2 Å². The average Bonchev–Trinajstić information content (AvgIpc) is 2.76. The molecule has 2 fully saturated rings. The summed E-state index contributed by atoms with van der Waals surface area (Å²) in [7, 11) is 0. The first-order chi connectivity index (χ1) is 14.9. The molecule has 1 N–H and O–H groups in total. The van der Waals surface area contributed by atoms with E-state index in [2.05, 4.69) is 20.2 Å². The summed E-state index contributed by atoms with van der Waals surface area (Å²) in [4.78, 5) is 24.6. The van der Waals surface area contributed by atoms with Crippen molar-refractivity contribution >= 4 is 11.7 Å². The average molecular weight is 427 g/mol. The van der Waals surface area contributed by atoms with Crippen molar-refractivity contribution in [2.45, 2.75) is 52.0 Å². The van der Waals surface area contributed by atoms with Gasteiger partial charge in [-0.05, 0) is 63.6 Å². The van der Waals surface area contributed by atoms with Crippen LogP contribution in [0.2, 0.25) is 0 Å². The molecule has 2 aliphatic heterocycles. The Bertz CT molecular complexity index is 884. The lowest BCUT2D eigenvalue weighted by atomic mass is 9.74. The van der Waals surface area contributed by atoms with Crippen LogP contribution < -0.4 is 10.2 Å². The lowest BCUT2D eigenvalue weighted by molar-refractivity contribution is -0.137. The Morgan fingerprint density at radius 2 is 1.84 bits per heavy atom. The Kier molecular flexibility index (Phi) is 6.51. The van der Waals surface area contributed by atoms with E-state index in [0.29, 0.717) is 32.5 Å². The number of nitrogens with zero attached hydrogens (tertiary/aromatic N) is 3. The summed E-state index contributed by atoms with van der Waals surface area (Å²) >= 11 is 0. The fourth-order valence-electron chi connectivity index (χ4n) is 4.69. The SMILES string of the molecule is Cc1cc(N2CCC(NC(=O)C3(Cc4ccc(F)cc4)CCOCC3)CC2)nc(C)n1. The summed E-state index contributed by atoms with van der Waals surface area (Å²) in [6, 6.07) is 8.67. The molecule has 2 aliphatic rings. The third-order valence-electron chi connectivity index (χ3n) is 6.49. The molecular weight excluding hydrogens is 395 g/mol. The molecule has 0 spiro atoms. The van der Waals surface area contributed by atoms with Gasteiger partial charge in [0.15, 0.2) is 0 Å². The Hall–Kier alpha value is -2.54. The lowest BCUT2D eigenvalue weighted by Crippen LogP contribution is -2.52. The van der Waals surface area contributed by atoms with E-state index in [0.717, 1.165) is 48.8 Å². The number of hydrogen-bond acceptors (Lipinski definition) is 5. The molecule has 0 saturated carbocycles. The van der Waals surface area contributed by atoms with Crippen LogP contribution in [0.15, 0.2) is 30.3 Å². The van der Waals surface area contributed by atoms with Gasteiger partial charge in [-0.25, -0.2) is 14.4 Å². The summed E-state index contributed by atoms with van der Waals surface area (Å²) in [5.74, 6) is 1.60. The number of carbonyl (C=O) groups excluding carboxylic acids is 1. The van der Waals surface area contributed by atoms with Gasteiger partial charge in [0.05, 0.1) is 5.41 Å². The van der Waals surface area contributed by atoms with Crippen LogP contribution in [-0.2, 0) is 16.0 Å². The minimum atomic E-state index is -0.492. The van der Waals surface area contributed by atoms with Crippen LogP contribution >= 0.6 is 0 Å². The predicted molar refractivity (Wildman–Crippen MR) is 117 cm³/mol. The van der Waals surface area contributed by atoms with Gasteiger partial charge in [0.2, 0.25) is 5.91 Å². The van der Waals surface area contributed by atoms with Gasteiger partial charge < -0.3 is 15.0 Å². The molecule has 2 saturated heterocycles. The van der Waals surface area contributed by atoms with Gasteiger partial charge in [-0.15, -0.1) is 0 Å². The third kappa shape index (κ3) is 5.21. The number of ether oxygens (including phenoxy) is 1. The van der Waals surface area contributed by atoms with Crippen molar-refractivity contribution in [2.24, 2.45) is 5.41 Å². The van der Waals surface area contributed by atoms with Crippen molar-refractivity contribution in [1.82, 2.24) is 15.3 Å². The quantitative estimate of drug-likeness (QED) is 0.794. The van der Waals surface area contributed by atoms with Gasteiger partial charge in [0.1, 0.15) is 17.5 Å². The maximum atomic E-state index is 13.4. The maximum absolute atomic E-state index is 13.4. The van der Waals surface area contributed by atoms with Crippen molar-refractivity contribution in [3.8, 4) is 0 Å². The molecule has 2 aromatic rings. The van der Waals surface area contributed by atoms with Crippen LogP contribution in [-0.4, -0.2) is 48.2 Å². The summed E-state index contributed by atoms with van der Waals surface area (Å²) in [6.07, 6.45) is 3.76. The topological polar surface area (TPSA) is 67.4 Å². The van der Waals surface area contributed by atoms with Crippen molar-refractivity contribution in [2.75, 3.05) is 31.2 Å². The molecule has 0 bridgehead atoms. The van der Waals surface area contributed by atoms with E-state index in [1.165, 1.54) is 12.1 Å². The van der Waals surface area contributed by atoms with E-state index >= 15 is 0 Å². The molecule has 1 amide bonds. The van der Waals surface area contributed by atoms with E-state index in [9.17, 15) is 9.18 Å². The number of carbonyl (C=O) groups is 1. The zero-order valence-corrected chi connectivity index (χ0v) is 18.4. The third-order valence-corrected chi connectivity index (χ3v) is 6.49. The molecule has 1 aromatic carbocycles. The molecule has 166 valence electrons. The number of amides is 1. The monoisotopic (exact) mass is 426 g/mol. The smallest absolute Gasteiger partial charge is 0.226 e. The minimum Gasteiger partial charge on any atom is -0.381 e. The van der Waals surface area contributed by atoms with Crippen LogP contribution in [0.5, 0.6) is 0 Å². The highest BCUT2D eigenvalue weighted by molar-refractivity contribution is 5.83. The second-order valence-electron chi connectivity index (χ2n) is 8.85. The standard InChI is InChI=1S/C24H31FN4O2/c1-17-15-22(27-18(2)26-17)29-11-7-21(8-12-29)28-23(30)24(9-13-31-14-10-24)16-19-3-5-20(25)6-4-19/h3-6,15,21H,7-14,16H2,1-2H3,(H,28,30). The highest BCUT2D eigenvalue weighted by Gasteiger charge is 2.41. The van der Waals surface area contributed by atoms with Crippen LogP contribution in [0.25, 0.3) is 0 Å². The molecule has 0 radical (unpaired) electrons. The number of aromatic nitrogens is 2. The lowest BCUT2D eigenvalue weighted by Gasteiger charge is -2.39. The Balaban J connectivity index is 1.39. The number of aryl methyl sites for hydroxylation is 2. The number of nitrogens with one attached hydrogen (secondary N) is 1. The Labute approximate surface area is 183 Å². The predicted octanol–water partition coefficient (Wildman–Crippen LogP) is 3.36. The Morgan fingerprint density at radius 1 is 1.16 bits per heavy atom. The van der Waals surface area contributed by atoms with E-state index in [1.54, 1.807) is 12.1 Å². The highest BCUT2D eigenvalue weighted by atomic mass is 19.1. The number of benzene rings is 1. The van der Waals surface area contributed by atoms with E-state index in [4.69, 9.17) is 4.74 Å². The number of piperidine rings is 1. The number of anilines is 1. The second kappa shape index (κ2) is 9.30. The molecule has 6 nitrogen and oxygen atoms in total. The molecule has 1 aromatic heterocycles. The maximum Gasteiger partial charge on any atom is 0.226 e. The van der Waals surface area contributed by atoms with Gasteiger partial charge in [-0.3, -0.25) is 4.79 Å². The first kappa shape index (κ1) is 21.7. The molecule has 31 heavy (non-hydrogen) atoms. The first-order valence-electron chi connectivity index (χ1n) is 11.1. The number of rotatable bonds is 5. The van der Waals surface area contributed by atoms with Crippen LogP contribution in [0.1, 0.15) is 42.8 Å². The van der Waals surface area contributed by atoms with Crippen LogP contribution in [0.4, 0.5) is 10.2 Å².